The number of guanidine groups is 1. The lowest BCUT2D eigenvalue weighted by atomic mass is 10.2. The Labute approximate surface area is 138 Å². The van der Waals surface area contributed by atoms with Crippen LogP contribution in [0.4, 0.5) is 4.39 Å². The van der Waals surface area contributed by atoms with Gasteiger partial charge in [0.15, 0.2) is 5.96 Å². The molecule has 0 unspecified atom stereocenters. The van der Waals surface area contributed by atoms with Crippen molar-refractivity contribution < 1.29 is 4.39 Å². The van der Waals surface area contributed by atoms with Crippen LogP contribution in [0.15, 0.2) is 52.1 Å². The van der Waals surface area contributed by atoms with Gasteiger partial charge < -0.3 is 10.6 Å². The summed E-state index contributed by atoms with van der Waals surface area (Å²) in [6.45, 7) is 1.23. The highest BCUT2D eigenvalue weighted by Crippen LogP contribution is 2.16. The lowest BCUT2D eigenvalue weighted by Gasteiger charge is -2.12. The number of hydrogen-bond acceptors (Lipinski definition) is 2. The van der Waals surface area contributed by atoms with E-state index in [4.69, 9.17) is 0 Å². The Balaban J connectivity index is 1.78. The van der Waals surface area contributed by atoms with Crippen molar-refractivity contribution in [2.75, 3.05) is 13.6 Å². The van der Waals surface area contributed by atoms with Crippen molar-refractivity contribution in [2.45, 2.75) is 13.0 Å². The molecule has 0 aliphatic carbocycles. The van der Waals surface area contributed by atoms with Gasteiger partial charge in [-0.3, -0.25) is 9.98 Å². The highest BCUT2D eigenvalue weighted by molar-refractivity contribution is 9.10. The molecule has 116 valence electrons. The molecule has 0 bridgehead atoms. The summed E-state index contributed by atoms with van der Waals surface area (Å²) in [7, 11) is 1.71. The average molecular weight is 365 g/mol. The van der Waals surface area contributed by atoms with E-state index >= 15 is 0 Å². The van der Waals surface area contributed by atoms with Gasteiger partial charge in [0.1, 0.15) is 5.82 Å². The molecule has 0 saturated carbocycles. The molecule has 0 atom stereocenters. The Morgan fingerprint density at radius 1 is 1.27 bits per heavy atom. The lowest BCUT2D eigenvalue weighted by molar-refractivity contribution is 0.617. The van der Waals surface area contributed by atoms with Crippen molar-refractivity contribution in [1.82, 2.24) is 15.6 Å². The number of aromatic nitrogens is 1. The summed E-state index contributed by atoms with van der Waals surface area (Å²) in [6.07, 6.45) is 2.60. The van der Waals surface area contributed by atoms with Crippen LogP contribution < -0.4 is 10.6 Å². The standard InChI is InChI=1S/C16H18BrFN4/c1-19-16(21-9-7-13-4-2-3-8-20-13)22-11-12-5-6-14(17)15(18)10-12/h2-6,8,10H,7,9,11H2,1H3,(H2,19,21,22). The quantitative estimate of drug-likeness (QED) is 0.633. The maximum atomic E-state index is 13.4. The first-order chi connectivity index (χ1) is 10.7. The Bertz CT molecular complexity index is 631. The van der Waals surface area contributed by atoms with Crippen molar-refractivity contribution in [3.8, 4) is 0 Å². The van der Waals surface area contributed by atoms with Gasteiger partial charge in [0.05, 0.1) is 4.47 Å². The molecule has 0 spiro atoms. The zero-order chi connectivity index (χ0) is 15.8. The maximum absolute atomic E-state index is 13.4. The number of nitrogens with zero attached hydrogens (tertiary/aromatic N) is 2. The summed E-state index contributed by atoms with van der Waals surface area (Å²) in [4.78, 5) is 8.41. The fourth-order valence-corrected chi connectivity index (χ4v) is 2.16. The molecular formula is C16H18BrFN4. The number of benzene rings is 1. The van der Waals surface area contributed by atoms with Gasteiger partial charge in [-0.2, -0.15) is 0 Å². The Morgan fingerprint density at radius 2 is 2.14 bits per heavy atom. The Hall–Kier alpha value is -1.95. The van der Waals surface area contributed by atoms with Gasteiger partial charge in [-0.15, -0.1) is 0 Å². The van der Waals surface area contributed by atoms with Crippen molar-refractivity contribution in [3.63, 3.8) is 0 Å². The number of rotatable bonds is 5. The second-order valence-corrected chi connectivity index (χ2v) is 5.53. The van der Waals surface area contributed by atoms with Crippen LogP contribution in [0.1, 0.15) is 11.3 Å². The van der Waals surface area contributed by atoms with E-state index in [-0.39, 0.29) is 5.82 Å². The van der Waals surface area contributed by atoms with E-state index in [2.05, 4.69) is 36.5 Å². The molecule has 2 aromatic rings. The number of pyridine rings is 1. The van der Waals surface area contributed by atoms with Crippen LogP contribution in [0, 0.1) is 5.82 Å². The van der Waals surface area contributed by atoms with Gasteiger partial charge in [-0.1, -0.05) is 12.1 Å². The summed E-state index contributed by atoms with van der Waals surface area (Å²) in [5.41, 5.74) is 1.88. The molecule has 1 aromatic carbocycles. The molecule has 0 radical (unpaired) electrons. The minimum Gasteiger partial charge on any atom is -0.356 e. The van der Waals surface area contributed by atoms with Crippen LogP contribution in [0.3, 0.4) is 0 Å². The summed E-state index contributed by atoms with van der Waals surface area (Å²) in [6, 6.07) is 10.9. The predicted octanol–water partition coefficient (Wildman–Crippen LogP) is 2.89. The van der Waals surface area contributed by atoms with Crippen molar-refractivity contribution in [3.05, 3.63) is 64.1 Å². The summed E-state index contributed by atoms with van der Waals surface area (Å²) < 4.78 is 13.9. The first kappa shape index (κ1) is 16.4. The second kappa shape index (κ2) is 8.48. The number of halogens is 2. The topological polar surface area (TPSA) is 49.3 Å². The first-order valence-corrected chi connectivity index (χ1v) is 7.76. The first-order valence-electron chi connectivity index (χ1n) is 6.97. The summed E-state index contributed by atoms with van der Waals surface area (Å²) >= 11 is 3.14. The Morgan fingerprint density at radius 3 is 2.82 bits per heavy atom. The third-order valence-corrected chi connectivity index (χ3v) is 3.71. The van der Waals surface area contributed by atoms with Crippen molar-refractivity contribution in [2.24, 2.45) is 4.99 Å². The number of aliphatic imine (C=N–C) groups is 1. The SMILES string of the molecule is CN=C(NCCc1ccccn1)NCc1ccc(Br)c(F)c1. The van der Waals surface area contributed by atoms with Crippen molar-refractivity contribution in [1.29, 1.82) is 0 Å². The van der Waals surface area contributed by atoms with Gasteiger partial charge >= 0.3 is 0 Å². The highest BCUT2D eigenvalue weighted by atomic mass is 79.9. The maximum Gasteiger partial charge on any atom is 0.191 e. The minimum atomic E-state index is -0.266. The zero-order valence-corrected chi connectivity index (χ0v) is 13.9. The van der Waals surface area contributed by atoms with Crippen LogP contribution in [0.2, 0.25) is 0 Å². The van der Waals surface area contributed by atoms with Gasteiger partial charge in [0, 0.05) is 38.4 Å². The van der Waals surface area contributed by atoms with E-state index in [0.717, 1.165) is 24.2 Å². The van der Waals surface area contributed by atoms with Crippen LogP contribution >= 0.6 is 15.9 Å². The molecule has 1 aromatic heterocycles. The number of nitrogens with one attached hydrogen (secondary N) is 2. The second-order valence-electron chi connectivity index (χ2n) is 4.67. The van der Waals surface area contributed by atoms with Gasteiger partial charge in [0.25, 0.3) is 0 Å². The molecule has 1 heterocycles. The molecule has 0 aliphatic rings. The third-order valence-electron chi connectivity index (χ3n) is 3.07. The molecule has 4 nitrogen and oxygen atoms in total. The van der Waals surface area contributed by atoms with Crippen LogP contribution in [-0.4, -0.2) is 24.5 Å². The van der Waals surface area contributed by atoms with E-state index in [9.17, 15) is 4.39 Å². The van der Waals surface area contributed by atoms with E-state index in [0.29, 0.717) is 17.0 Å². The smallest absolute Gasteiger partial charge is 0.191 e. The highest BCUT2D eigenvalue weighted by Gasteiger charge is 2.02. The van der Waals surface area contributed by atoms with E-state index in [1.807, 2.05) is 24.3 Å². The van der Waals surface area contributed by atoms with E-state index in [1.54, 1.807) is 19.3 Å². The Kier molecular flexibility index (Phi) is 6.33. The molecule has 2 rings (SSSR count). The fourth-order valence-electron chi connectivity index (χ4n) is 1.91. The fraction of sp³-hybridized carbons (Fsp3) is 0.250. The molecular weight excluding hydrogens is 347 g/mol. The normalized spacial score (nSPS) is 11.3. The van der Waals surface area contributed by atoms with Gasteiger partial charge in [-0.25, -0.2) is 4.39 Å². The van der Waals surface area contributed by atoms with Gasteiger partial charge in [-0.05, 0) is 45.8 Å². The van der Waals surface area contributed by atoms with Crippen LogP contribution in [0.5, 0.6) is 0 Å². The molecule has 0 amide bonds. The molecule has 0 aliphatic heterocycles. The average Bonchev–Trinajstić information content (AvgIpc) is 2.55. The van der Waals surface area contributed by atoms with Crippen LogP contribution in [0.25, 0.3) is 0 Å². The monoisotopic (exact) mass is 364 g/mol. The molecule has 0 saturated heterocycles. The van der Waals surface area contributed by atoms with E-state index < -0.39 is 0 Å². The lowest BCUT2D eigenvalue weighted by Crippen LogP contribution is -2.37. The van der Waals surface area contributed by atoms with E-state index in [1.165, 1.54) is 6.07 Å². The summed E-state index contributed by atoms with van der Waals surface area (Å²) in [5.74, 6) is 0.414. The molecule has 2 N–H and O–H groups in total. The molecule has 6 heteroatoms. The minimum absolute atomic E-state index is 0.266. The number of hydrogen-bond donors (Lipinski definition) is 2. The predicted molar refractivity (Wildman–Crippen MR) is 90.2 cm³/mol. The summed E-state index contributed by atoms with van der Waals surface area (Å²) in [5, 5.41) is 6.37. The largest absolute Gasteiger partial charge is 0.356 e. The molecule has 0 fully saturated rings. The molecule has 22 heavy (non-hydrogen) atoms. The third kappa shape index (κ3) is 5.11. The van der Waals surface area contributed by atoms with Crippen LogP contribution in [-0.2, 0) is 13.0 Å². The zero-order valence-electron chi connectivity index (χ0n) is 12.3. The van der Waals surface area contributed by atoms with Crippen molar-refractivity contribution >= 4 is 21.9 Å². The van der Waals surface area contributed by atoms with Gasteiger partial charge in [0.2, 0.25) is 0 Å².